The van der Waals surface area contributed by atoms with Crippen LogP contribution in [0, 0.1) is 13.8 Å². The molecule has 0 N–H and O–H groups in total. The average molecular weight is 270 g/mol. The molecule has 104 valence electrons. The van der Waals surface area contributed by atoms with Gasteiger partial charge in [-0.3, -0.25) is 4.79 Å². The predicted molar refractivity (Wildman–Crippen MR) is 66.2 cm³/mol. The molecule has 1 aromatic rings. The van der Waals surface area contributed by atoms with Crippen LogP contribution in [0.3, 0.4) is 0 Å². The summed E-state index contributed by atoms with van der Waals surface area (Å²) in [4.78, 5) is 22.6. The number of rotatable bonds is 5. The van der Waals surface area contributed by atoms with Crippen LogP contribution in [-0.2, 0) is 20.7 Å². The van der Waals surface area contributed by atoms with Crippen LogP contribution in [0.2, 0.25) is 0 Å². The number of hydrogen-bond donors (Lipinski definition) is 0. The summed E-state index contributed by atoms with van der Waals surface area (Å²) in [6, 6.07) is 5.16. The summed E-state index contributed by atoms with van der Waals surface area (Å²) in [7, 11) is 0. The molecule has 0 fully saturated rings. The summed E-state index contributed by atoms with van der Waals surface area (Å²) < 4.78 is 31.1. The van der Waals surface area contributed by atoms with Gasteiger partial charge in [0.25, 0.3) is 0 Å². The van der Waals surface area contributed by atoms with Crippen LogP contribution in [0.15, 0.2) is 18.2 Å². The first kappa shape index (κ1) is 15.3. The molecule has 0 spiro atoms. The minimum absolute atomic E-state index is 0.189. The molecule has 19 heavy (non-hydrogen) atoms. The van der Waals surface area contributed by atoms with Crippen molar-refractivity contribution >= 4 is 11.8 Å². The lowest BCUT2D eigenvalue weighted by Gasteiger charge is -2.13. The van der Waals surface area contributed by atoms with Crippen molar-refractivity contribution in [2.24, 2.45) is 0 Å². The largest absolute Gasteiger partial charge is 0.461 e. The van der Waals surface area contributed by atoms with Crippen molar-refractivity contribution in [2.75, 3.05) is 6.61 Å². The zero-order valence-corrected chi connectivity index (χ0v) is 11.1. The first-order chi connectivity index (χ1) is 8.77. The van der Waals surface area contributed by atoms with Crippen molar-refractivity contribution in [1.82, 2.24) is 0 Å². The highest BCUT2D eigenvalue weighted by molar-refractivity contribution is 6.06. The fourth-order valence-electron chi connectivity index (χ4n) is 1.80. The Morgan fingerprint density at radius 2 is 1.68 bits per heavy atom. The van der Waals surface area contributed by atoms with Crippen LogP contribution in [-0.4, -0.2) is 24.3 Å². The second-order valence-electron chi connectivity index (χ2n) is 4.39. The molecule has 0 saturated carbocycles. The zero-order chi connectivity index (χ0) is 14.6. The Bertz CT molecular complexity index is 475. The van der Waals surface area contributed by atoms with Gasteiger partial charge < -0.3 is 4.74 Å². The summed E-state index contributed by atoms with van der Waals surface area (Å²) >= 11 is 0. The highest BCUT2D eigenvalue weighted by atomic mass is 19.3. The minimum atomic E-state index is -4.09. The van der Waals surface area contributed by atoms with Crippen molar-refractivity contribution in [3.05, 3.63) is 34.9 Å². The van der Waals surface area contributed by atoms with Gasteiger partial charge in [-0.15, -0.1) is 0 Å². The maximum Gasteiger partial charge on any atom is 0.400 e. The molecule has 0 aliphatic rings. The number of halogens is 2. The summed E-state index contributed by atoms with van der Waals surface area (Å²) in [5.74, 6) is -7.33. The average Bonchev–Trinajstić information content (AvgIpc) is 2.27. The molecule has 0 aliphatic carbocycles. The molecule has 0 radical (unpaired) electrons. The van der Waals surface area contributed by atoms with Gasteiger partial charge in [-0.1, -0.05) is 29.3 Å². The normalized spacial score (nSPS) is 11.2. The number of ketones is 1. The molecule has 0 saturated heterocycles. The molecular formula is C14H16F2O3. The number of Topliss-reactive ketones (excluding diaryl/α,β-unsaturated/α-hetero) is 1. The van der Waals surface area contributed by atoms with Gasteiger partial charge in [-0.05, 0) is 26.3 Å². The summed E-state index contributed by atoms with van der Waals surface area (Å²) in [6.45, 7) is 4.84. The molecule has 0 unspecified atom stereocenters. The van der Waals surface area contributed by atoms with E-state index in [0.717, 1.165) is 11.1 Å². The van der Waals surface area contributed by atoms with Crippen molar-refractivity contribution in [3.8, 4) is 0 Å². The number of benzene rings is 1. The van der Waals surface area contributed by atoms with Gasteiger partial charge in [0.1, 0.15) is 0 Å². The van der Waals surface area contributed by atoms with E-state index in [1.807, 2.05) is 19.9 Å². The van der Waals surface area contributed by atoms with Gasteiger partial charge in [-0.25, -0.2) is 4.79 Å². The summed E-state index contributed by atoms with van der Waals surface area (Å²) in [6.07, 6.45) is -0.492. The van der Waals surface area contributed by atoms with E-state index in [4.69, 9.17) is 0 Å². The highest BCUT2D eigenvalue weighted by Gasteiger charge is 2.48. The number of carbonyl (C=O) groups is 2. The number of alkyl halides is 2. The van der Waals surface area contributed by atoms with E-state index in [-0.39, 0.29) is 6.61 Å². The molecule has 0 atom stereocenters. The zero-order valence-electron chi connectivity index (χ0n) is 11.1. The number of ether oxygens (including phenoxy) is 1. The van der Waals surface area contributed by atoms with E-state index >= 15 is 0 Å². The lowest BCUT2D eigenvalue weighted by atomic mass is 10.0. The maximum atomic E-state index is 13.5. The quantitative estimate of drug-likeness (QED) is 0.610. The third kappa shape index (κ3) is 3.84. The Morgan fingerprint density at radius 1 is 1.16 bits per heavy atom. The van der Waals surface area contributed by atoms with Crippen LogP contribution >= 0.6 is 0 Å². The Balaban J connectivity index is 2.86. The predicted octanol–water partition coefficient (Wildman–Crippen LogP) is 2.61. The molecule has 0 amide bonds. The first-order valence-corrected chi connectivity index (χ1v) is 5.93. The topological polar surface area (TPSA) is 43.4 Å². The molecule has 0 bridgehead atoms. The third-order valence-electron chi connectivity index (χ3n) is 2.53. The van der Waals surface area contributed by atoms with Crippen molar-refractivity contribution in [3.63, 3.8) is 0 Å². The van der Waals surface area contributed by atoms with Crippen molar-refractivity contribution < 1.29 is 23.1 Å². The standard InChI is InChI=1S/C14H16F2O3/c1-4-19-13(18)14(15,16)12(17)8-11-6-9(2)5-10(3)7-11/h5-7H,4,8H2,1-3H3. The molecule has 0 aliphatic heterocycles. The number of carbonyl (C=O) groups excluding carboxylic acids is 2. The lowest BCUT2D eigenvalue weighted by molar-refractivity contribution is -0.176. The van der Waals surface area contributed by atoms with Gasteiger partial charge in [0.15, 0.2) is 0 Å². The molecule has 0 aromatic heterocycles. The maximum absolute atomic E-state index is 13.5. The number of aryl methyl sites for hydroxylation is 2. The van der Waals surface area contributed by atoms with Crippen LogP contribution in [0.4, 0.5) is 8.78 Å². The monoisotopic (exact) mass is 270 g/mol. The summed E-state index contributed by atoms with van der Waals surface area (Å²) in [5, 5.41) is 0. The van der Waals surface area contributed by atoms with Gasteiger partial charge in [0.05, 0.1) is 6.61 Å². The lowest BCUT2D eigenvalue weighted by Crippen LogP contribution is -2.40. The molecule has 5 heteroatoms. The van der Waals surface area contributed by atoms with Gasteiger partial charge in [0, 0.05) is 6.42 Å². The Hall–Kier alpha value is -1.78. The first-order valence-electron chi connectivity index (χ1n) is 5.93. The van der Waals surface area contributed by atoms with Gasteiger partial charge in [0.2, 0.25) is 5.78 Å². The number of hydrogen-bond acceptors (Lipinski definition) is 3. The second kappa shape index (κ2) is 5.91. The van der Waals surface area contributed by atoms with Crippen LogP contribution in [0.25, 0.3) is 0 Å². The van der Waals surface area contributed by atoms with E-state index in [9.17, 15) is 18.4 Å². The van der Waals surface area contributed by atoms with Crippen molar-refractivity contribution in [1.29, 1.82) is 0 Å². The van der Waals surface area contributed by atoms with Gasteiger partial charge >= 0.3 is 11.9 Å². The Kier molecular flexibility index (Phi) is 4.75. The van der Waals surface area contributed by atoms with Crippen molar-refractivity contribution in [2.45, 2.75) is 33.1 Å². The van der Waals surface area contributed by atoms with E-state index in [0.29, 0.717) is 5.56 Å². The van der Waals surface area contributed by atoms with E-state index in [1.54, 1.807) is 12.1 Å². The fourth-order valence-corrected chi connectivity index (χ4v) is 1.80. The van der Waals surface area contributed by atoms with E-state index in [2.05, 4.69) is 4.74 Å². The SMILES string of the molecule is CCOC(=O)C(F)(F)C(=O)Cc1cc(C)cc(C)c1. The van der Waals surface area contributed by atoms with Gasteiger partial charge in [-0.2, -0.15) is 8.78 Å². The van der Waals surface area contributed by atoms with Crippen LogP contribution in [0.1, 0.15) is 23.6 Å². The highest BCUT2D eigenvalue weighted by Crippen LogP contribution is 2.20. The molecule has 1 rings (SSSR count). The minimum Gasteiger partial charge on any atom is -0.461 e. The Labute approximate surface area is 110 Å². The van der Waals surface area contributed by atoms with E-state index in [1.165, 1.54) is 6.92 Å². The van der Waals surface area contributed by atoms with Crippen LogP contribution in [0.5, 0.6) is 0 Å². The van der Waals surface area contributed by atoms with Crippen LogP contribution < -0.4 is 0 Å². The Morgan fingerprint density at radius 3 is 2.16 bits per heavy atom. The molecule has 0 heterocycles. The molecule has 1 aromatic carbocycles. The second-order valence-corrected chi connectivity index (χ2v) is 4.39. The molecular weight excluding hydrogens is 254 g/mol. The smallest absolute Gasteiger partial charge is 0.400 e. The van der Waals surface area contributed by atoms with E-state index < -0.39 is 24.1 Å². The molecule has 3 nitrogen and oxygen atoms in total. The fraction of sp³-hybridized carbons (Fsp3) is 0.429. The summed E-state index contributed by atoms with van der Waals surface area (Å²) in [5.41, 5.74) is 2.22. The third-order valence-corrected chi connectivity index (χ3v) is 2.53. The number of esters is 1.